The van der Waals surface area contributed by atoms with Crippen molar-refractivity contribution in [2.75, 3.05) is 36.8 Å². The van der Waals surface area contributed by atoms with Gasteiger partial charge in [0.2, 0.25) is 0 Å². The summed E-state index contributed by atoms with van der Waals surface area (Å²) >= 11 is 8.78. The summed E-state index contributed by atoms with van der Waals surface area (Å²) in [7, 11) is 0. The number of nitro groups is 1. The molecule has 0 bridgehead atoms. The van der Waals surface area contributed by atoms with E-state index in [0.717, 1.165) is 59.0 Å². The summed E-state index contributed by atoms with van der Waals surface area (Å²) in [6.45, 7) is 6.46. The molecule has 26 heavy (non-hydrogen) atoms. The Bertz CT molecular complexity index is 797. The lowest BCUT2D eigenvalue weighted by molar-refractivity contribution is -0.384. The van der Waals surface area contributed by atoms with Crippen molar-refractivity contribution in [3.8, 4) is 0 Å². The second kappa shape index (κ2) is 8.94. The molecular weight excluding hydrogens is 390 g/mol. The fourth-order valence-electron chi connectivity index (χ4n) is 2.75. The first-order chi connectivity index (χ1) is 12.6. The van der Waals surface area contributed by atoms with Gasteiger partial charge in [-0.25, -0.2) is 4.68 Å². The second-order valence-electron chi connectivity index (χ2n) is 6.00. The van der Waals surface area contributed by atoms with E-state index < -0.39 is 0 Å². The standard InChI is InChI=1S/C16H21N5O2S3/c1-2-11-25-15-17-20(16(24)26-15)12-18-7-9-19(10-8-18)13-3-5-14(6-4-13)21(22)23/h3-6H,2,7-12H2,1H3. The maximum Gasteiger partial charge on any atom is 0.269 e. The van der Waals surface area contributed by atoms with Crippen LogP contribution >= 0.6 is 35.3 Å². The van der Waals surface area contributed by atoms with Crippen molar-refractivity contribution < 1.29 is 4.92 Å². The third-order valence-corrected chi connectivity index (χ3v) is 6.80. The number of piperazine rings is 1. The van der Waals surface area contributed by atoms with Crippen molar-refractivity contribution >= 4 is 46.7 Å². The van der Waals surface area contributed by atoms with Gasteiger partial charge >= 0.3 is 0 Å². The molecule has 0 saturated carbocycles. The lowest BCUT2D eigenvalue weighted by Crippen LogP contribution is -2.46. The summed E-state index contributed by atoms with van der Waals surface area (Å²) in [5.74, 6) is 1.07. The van der Waals surface area contributed by atoms with Crippen LogP contribution in [-0.4, -0.2) is 51.5 Å². The summed E-state index contributed by atoms with van der Waals surface area (Å²) in [4.78, 5) is 15.0. The van der Waals surface area contributed by atoms with Crippen LogP contribution in [0.3, 0.4) is 0 Å². The molecule has 7 nitrogen and oxygen atoms in total. The molecule has 10 heteroatoms. The molecule has 0 amide bonds. The zero-order chi connectivity index (χ0) is 18.5. The topological polar surface area (TPSA) is 67.4 Å². The third-order valence-electron chi connectivity index (χ3n) is 4.15. The predicted octanol–water partition coefficient (Wildman–Crippen LogP) is 3.86. The van der Waals surface area contributed by atoms with Crippen molar-refractivity contribution in [2.24, 2.45) is 0 Å². The summed E-state index contributed by atoms with van der Waals surface area (Å²) in [6, 6.07) is 6.76. The highest BCUT2D eigenvalue weighted by Crippen LogP contribution is 2.23. The molecule has 140 valence electrons. The Morgan fingerprint density at radius 2 is 1.96 bits per heavy atom. The van der Waals surface area contributed by atoms with Crippen LogP contribution in [-0.2, 0) is 6.67 Å². The van der Waals surface area contributed by atoms with Crippen LogP contribution in [0.15, 0.2) is 28.6 Å². The van der Waals surface area contributed by atoms with Crippen molar-refractivity contribution in [1.29, 1.82) is 0 Å². The molecule has 0 unspecified atom stereocenters. The Labute approximate surface area is 165 Å². The predicted molar refractivity (Wildman–Crippen MR) is 109 cm³/mol. The molecule has 1 aliphatic rings. The number of thioether (sulfide) groups is 1. The largest absolute Gasteiger partial charge is 0.369 e. The Morgan fingerprint density at radius 3 is 2.58 bits per heavy atom. The molecular formula is C16H21N5O2S3. The van der Waals surface area contributed by atoms with E-state index >= 15 is 0 Å². The zero-order valence-electron chi connectivity index (χ0n) is 14.5. The number of hydrogen-bond acceptors (Lipinski definition) is 8. The molecule has 1 fully saturated rings. The molecule has 0 radical (unpaired) electrons. The molecule has 0 spiro atoms. The van der Waals surface area contributed by atoms with Crippen molar-refractivity contribution in [2.45, 2.75) is 24.4 Å². The molecule has 2 heterocycles. The van der Waals surface area contributed by atoms with E-state index in [1.807, 2.05) is 16.8 Å². The minimum absolute atomic E-state index is 0.127. The lowest BCUT2D eigenvalue weighted by Gasteiger charge is -2.35. The third kappa shape index (κ3) is 4.81. The van der Waals surface area contributed by atoms with Crippen LogP contribution in [0.25, 0.3) is 0 Å². The molecule has 1 aromatic carbocycles. The molecule has 2 aromatic rings. The maximum absolute atomic E-state index is 10.8. The van der Waals surface area contributed by atoms with E-state index in [-0.39, 0.29) is 10.6 Å². The molecule has 3 rings (SSSR count). The van der Waals surface area contributed by atoms with Gasteiger partial charge in [0.15, 0.2) is 8.29 Å². The Balaban J connectivity index is 1.54. The van der Waals surface area contributed by atoms with E-state index in [0.29, 0.717) is 0 Å². The minimum Gasteiger partial charge on any atom is -0.369 e. The van der Waals surface area contributed by atoms with E-state index in [1.54, 1.807) is 35.2 Å². The van der Waals surface area contributed by atoms with E-state index in [1.165, 1.54) is 0 Å². The highest BCUT2D eigenvalue weighted by atomic mass is 32.2. The highest BCUT2D eigenvalue weighted by Gasteiger charge is 2.19. The highest BCUT2D eigenvalue weighted by molar-refractivity contribution is 8.01. The number of rotatable bonds is 7. The minimum atomic E-state index is -0.369. The van der Waals surface area contributed by atoms with E-state index in [4.69, 9.17) is 12.2 Å². The van der Waals surface area contributed by atoms with Crippen molar-refractivity contribution in [3.63, 3.8) is 0 Å². The number of hydrogen-bond donors (Lipinski definition) is 0. The average Bonchev–Trinajstić information content (AvgIpc) is 3.00. The fraction of sp³-hybridized carbons (Fsp3) is 0.500. The number of aromatic nitrogens is 2. The van der Waals surface area contributed by atoms with Crippen molar-refractivity contribution in [3.05, 3.63) is 38.3 Å². The molecule has 1 aliphatic heterocycles. The quantitative estimate of drug-likeness (QED) is 0.296. The van der Waals surface area contributed by atoms with Gasteiger partial charge in [-0.1, -0.05) is 30.0 Å². The van der Waals surface area contributed by atoms with Crippen molar-refractivity contribution in [1.82, 2.24) is 14.7 Å². The van der Waals surface area contributed by atoms with Gasteiger partial charge in [0.05, 0.1) is 11.6 Å². The number of non-ortho nitro benzene ring substituents is 1. The number of nitro benzene ring substituents is 1. The summed E-state index contributed by atoms with van der Waals surface area (Å²) in [5.41, 5.74) is 1.15. The first-order valence-corrected chi connectivity index (χ1v) is 10.7. The van der Waals surface area contributed by atoms with Crippen LogP contribution in [0.2, 0.25) is 0 Å². The second-order valence-corrected chi connectivity index (χ2v) is 8.97. The van der Waals surface area contributed by atoms with Gasteiger partial charge < -0.3 is 4.90 Å². The van der Waals surface area contributed by atoms with Crippen LogP contribution in [0.5, 0.6) is 0 Å². The number of anilines is 1. The first-order valence-electron chi connectivity index (χ1n) is 8.49. The summed E-state index contributed by atoms with van der Waals surface area (Å²) < 4.78 is 3.78. The van der Waals surface area contributed by atoms with Crippen LogP contribution < -0.4 is 4.90 Å². The van der Waals surface area contributed by atoms with Gasteiger partial charge in [0, 0.05) is 49.8 Å². The monoisotopic (exact) mass is 411 g/mol. The van der Waals surface area contributed by atoms with Gasteiger partial charge in [-0.3, -0.25) is 15.0 Å². The zero-order valence-corrected chi connectivity index (χ0v) is 17.0. The van der Waals surface area contributed by atoms with E-state index in [2.05, 4.69) is 21.8 Å². The molecule has 0 N–H and O–H groups in total. The Hall–Kier alpha value is -1.49. The smallest absolute Gasteiger partial charge is 0.269 e. The molecule has 1 aromatic heterocycles. The van der Waals surface area contributed by atoms with Gasteiger partial charge in [0.25, 0.3) is 5.69 Å². The maximum atomic E-state index is 10.8. The van der Waals surface area contributed by atoms with E-state index in [9.17, 15) is 10.1 Å². The molecule has 0 atom stereocenters. The Kier molecular flexibility index (Phi) is 6.63. The number of nitrogens with zero attached hydrogens (tertiary/aromatic N) is 5. The normalized spacial score (nSPS) is 15.3. The van der Waals surface area contributed by atoms with Crippen LogP contribution in [0.1, 0.15) is 13.3 Å². The summed E-state index contributed by atoms with van der Waals surface area (Å²) in [6.07, 6.45) is 1.13. The lowest BCUT2D eigenvalue weighted by atomic mass is 10.2. The van der Waals surface area contributed by atoms with Crippen LogP contribution in [0, 0.1) is 14.1 Å². The van der Waals surface area contributed by atoms with Crippen LogP contribution in [0.4, 0.5) is 11.4 Å². The fourth-order valence-corrected chi connectivity index (χ4v) is 4.99. The molecule has 0 aliphatic carbocycles. The average molecular weight is 412 g/mol. The van der Waals surface area contributed by atoms with Gasteiger partial charge in [-0.15, -0.1) is 0 Å². The first kappa shape index (κ1) is 19.3. The Morgan fingerprint density at radius 1 is 1.27 bits per heavy atom. The SMILES string of the molecule is CCCSc1nn(CN2CCN(c3ccc([N+](=O)[O-])cc3)CC2)c(=S)s1. The van der Waals surface area contributed by atoms with Gasteiger partial charge in [-0.2, -0.15) is 5.10 Å². The van der Waals surface area contributed by atoms with Gasteiger partial charge in [-0.05, 0) is 30.8 Å². The summed E-state index contributed by atoms with van der Waals surface area (Å²) in [5, 5.41) is 15.4. The number of benzene rings is 1. The van der Waals surface area contributed by atoms with Gasteiger partial charge in [0.1, 0.15) is 0 Å². The molecule has 1 saturated heterocycles.